The first-order chi connectivity index (χ1) is 7.88. The minimum absolute atomic E-state index is 0.503. The van der Waals surface area contributed by atoms with E-state index in [4.69, 9.17) is 5.26 Å². The van der Waals surface area contributed by atoms with Gasteiger partial charge in [-0.05, 0) is 18.8 Å². The zero-order valence-electron chi connectivity index (χ0n) is 9.32. The molecule has 84 valence electrons. The summed E-state index contributed by atoms with van der Waals surface area (Å²) in [6.07, 6.45) is 9.80. The molecule has 1 aliphatic carbocycles. The zero-order valence-corrected chi connectivity index (χ0v) is 9.32. The second-order valence-corrected chi connectivity index (χ2v) is 4.29. The first kappa shape index (κ1) is 10.9. The lowest BCUT2D eigenvalue weighted by Gasteiger charge is -2.21. The standard InChI is InChI=1S/C12H16N4/c13-6-11-8-15-12(16-9-11)14-7-10-4-2-1-3-5-10/h8-10H,1-5,7H2,(H,14,15,16). The van der Waals surface area contributed by atoms with Gasteiger partial charge >= 0.3 is 0 Å². The predicted octanol–water partition coefficient (Wildman–Crippen LogP) is 2.34. The molecule has 1 heterocycles. The highest BCUT2D eigenvalue weighted by atomic mass is 15.1. The Bertz CT molecular complexity index is 360. The van der Waals surface area contributed by atoms with Crippen LogP contribution in [0.15, 0.2) is 12.4 Å². The van der Waals surface area contributed by atoms with E-state index in [9.17, 15) is 0 Å². The Kier molecular flexibility index (Phi) is 3.71. The van der Waals surface area contributed by atoms with Gasteiger partial charge in [-0.25, -0.2) is 9.97 Å². The van der Waals surface area contributed by atoms with Crippen LogP contribution < -0.4 is 5.32 Å². The van der Waals surface area contributed by atoms with E-state index in [-0.39, 0.29) is 0 Å². The largest absolute Gasteiger partial charge is 0.354 e. The van der Waals surface area contributed by atoms with E-state index in [1.165, 1.54) is 32.1 Å². The lowest BCUT2D eigenvalue weighted by molar-refractivity contribution is 0.373. The normalized spacial score (nSPS) is 16.7. The number of nitriles is 1. The average molecular weight is 216 g/mol. The van der Waals surface area contributed by atoms with Crippen molar-refractivity contribution in [1.29, 1.82) is 5.26 Å². The molecular formula is C12H16N4. The Morgan fingerprint density at radius 1 is 1.25 bits per heavy atom. The smallest absolute Gasteiger partial charge is 0.222 e. The van der Waals surface area contributed by atoms with Crippen LogP contribution in [0.4, 0.5) is 5.95 Å². The number of hydrogen-bond donors (Lipinski definition) is 1. The molecule has 1 saturated carbocycles. The number of nitrogens with one attached hydrogen (secondary N) is 1. The predicted molar refractivity (Wildman–Crippen MR) is 61.8 cm³/mol. The topological polar surface area (TPSA) is 61.6 Å². The first-order valence-corrected chi connectivity index (χ1v) is 5.84. The van der Waals surface area contributed by atoms with Crippen molar-refractivity contribution < 1.29 is 0 Å². The summed E-state index contributed by atoms with van der Waals surface area (Å²) in [6, 6.07) is 2.01. The van der Waals surface area contributed by atoms with Crippen molar-refractivity contribution >= 4 is 5.95 Å². The lowest BCUT2D eigenvalue weighted by atomic mass is 9.89. The molecule has 16 heavy (non-hydrogen) atoms. The fraction of sp³-hybridized carbons (Fsp3) is 0.583. The van der Waals surface area contributed by atoms with Gasteiger partial charge < -0.3 is 5.32 Å². The SMILES string of the molecule is N#Cc1cnc(NCC2CCCCC2)nc1. The minimum Gasteiger partial charge on any atom is -0.354 e. The van der Waals surface area contributed by atoms with Gasteiger partial charge in [0.25, 0.3) is 0 Å². The van der Waals surface area contributed by atoms with E-state index < -0.39 is 0 Å². The quantitative estimate of drug-likeness (QED) is 0.842. The maximum atomic E-state index is 8.61. The van der Waals surface area contributed by atoms with Gasteiger partial charge in [0.1, 0.15) is 6.07 Å². The molecule has 1 aromatic rings. The van der Waals surface area contributed by atoms with Crippen molar-refractivity contribution in [2.24, 2.45) is 5.92 Å². The van der Waals surface area contributed by atoms with Crippen molar-refractivity contribution in [1.82, 2.24) is 9.97 Å². The van der Waals surface area contributed by atoms with Crippen molar-refractivity contribution in [3.8, 4) is 6.07 Å². The Morgan fingerprint density at radius 2 is 1.94 bits per heavy atom. The van der Waals surface area contributed by atoms with Crippen LogP contribution in [0.3, 0.4) is 0 Å². The van der Waals surface area contributed by atoms with Crippen LogP contribution in [0, 0.1) is 17.2 Å². The van der Waals surface area contributed by atoms with Gasteiger partial charge in [0.2, 0.25) is 5.95 Å². The molecule has 1 aliphatic rings. The summed E-state index contributed by atoms with van der Waals surface area (Å²) in [5.41, 5.74) is 0.503. The summed E-state index contributed by atoms with van der Waals surface area (Å²) >= 11 is 0. The summed E-state index contributed by atoms with van der Waals surface area (Å²) in [5.74, 6) is 1.39. The zero-order chi connectivity index (χ0) is 11.2. The van der Waals surface area contributed by atoms with Crippen molar-refractivity contribution in [3.63, 3.8) is 0 Å². The molecule has 0 aliphatic heterocycles. The van der Waals surface area contributed by atoms with E-state index >= 15 is 0 Å². The number of hydrogen-bond acceptors (Lipinski definition) is 4. The number of rotatable bonds is 3. The summed E-state index contributed by atoms with van der Waals surface area (Å²) in [4.78, 5) is 8.18. The lowest BCUT2D eigenvalue weighted by Crippen LogP contribution is -2.18. The number of anilines is 1. The Balaban J connectivity index is 1.82. The monoisotopic (exact) mass is 216 g/mol. The van der Waals surface area contributed by atoms with Crippen LogP contribution in [0.25, 0.3) is 0 Å². The fourth-order valence-corrected chi connectivity index (χ4v) is 2.10. The Morgan fingerprint density at radius 3 is 2.56 bits per heavy atom. The number of nitrogens with zero attached hydrogens (tertiary/aromatic N) is 3. The molecule has 0 unspecified atom stereocenters. The maximum Gasteiger partial charge on any atom is 0.222 e. The molecule has 4 nitrogen and oxygen atoms in total. The number of aromatic nitrogens is 2. The van der Waals surface area contributed by atoms with Gasteiger partial charge in [-0.15, -0.1) is 0 Å². The summed E-state index contributed by atoms with van der Waals surface area (Å²) in [7, 11) is 0. The molecule has 0 radical (unpaired) electrons. The second-order valence-electron chi connectivity index (χ2n) is 4.29. The van der Waals surface area contributed by atoms with Crippen LogP contribution in [0.5, 0.6) is 0 Å². The molecule has 0 spiro atoms. The molecule has 0 aromatic carbocycles. The third-order valence-corrected chi connectivity index (χ3v) is 3.05. The first-order valence-electron chi connectivity index (χ1n) is 5.84. The van der Waals surface area contributed by atoms with Crippen molar-refractivity contribution in [3.05, 3.63) is 18.0 Å². The molecule has 2 rings (SSSR count). The minimum atomic E-state index is 0.503. The van der Waals surface area contributed by atoms with Crippen LogP contribution in [-0.4, -0.2) is 16.5 Å². The van der Waals surface area contributed by atoms with Crippen molar-refractivity contribution in [2.75, 3.05) is 11.9 Å². The van der Waals surface area contributed by atoms with Crippen LogP contribution in [0.1, 0.15) is 37.7 Å². The van der Waals surface area contributed by atoms with Gasteiger partial charge in [-0.1, -0.05) is 19.3 Å². The molecule has 0 atom stereocenters. The van der Waals surface area contributed by atoms with Gasteiger partial charge in [0.15, 0.2) is 0 Å². The van der Waals surface area contributed by atoms with E-state index in [0.717, 1.165) is 12.5 Å². The highest BCUT2D eigenvalue weighted by Gasteiger charge is 2.13. The molecule has 0 bridgehead atoms. The molecule has 4 heteroatoms. The highest BCUT2D eigenvalue weighted by molar-refractivity contribution is 5.29. The van der Waals surface area contributed by atoms with Crippen LogP contribution >= 0.6 is 0 Å². The van der Waals surface area contributed by atoms with Gasteiger partial charge in [0.05, 0.1) is 18.0 Å². The molecule has 0 amide bonds. The van der Waals surface area contributed by atoms with Gasteiger partial charge in [-0.2, -0.15) is 5.26 Å². The summed E-state index contributed by atoms with van der Waals surface area (Å²) in [6.45, 7) is 0.950. The molecule has 1 N–H and O–H groups in total. The van der Waals surface area contributed by atoms with Crippen LogP contribution in [-0.2, 0) is 0 Å². The third-order valence-electron chi connectivity index (χ3n) is 3.05. The van der Waals surface area contributed by atoms with Crippen molar-refractivity contribution in [2.45, 2.75) is 32.1 Å². The van der Waals surface area contributed by atoms with E-state index in [1.54, 1.807) is 12.4 Å². The highest BCUT2D eigenvalue weighted by Crippen LogP contribution is 2.23. The second kappa shape index (κ2) is 5.45. The third kappa shape index (κ3) is 2.93. The summed E-state index contributed by atoms with van der Waals surface area (Å²) in [5, 5.41) is 11.8. The van der Waals surface area contributed by atoms with E-state index in [1.807, 2.05) is 6.07 Å². The van der Waals surface area contributed by atoms with E-state index in [2.05, 4.69) is 15.3 Å². The summed E-state index contributed by atoms with van der Waals surface area (Å²) < 4.78 is 0. The van der Waals surface area contributed by atoms with Gasteiger partial charge in [0, 0.05) is 6.54 Å². The average Bonchev–Trinajstić information content (AvgIpc) is 2.38. The molecular weight excluding hydrogens is 200 g/mol. The van der Waals surface area contributed by atoms with E-state index in [0.29, 0.717) is 11.5 Å². The molecule has 1 aromatic heterocycles. The molecule has 1 fully saturated rings. The maximum absolute atomic E-state index is 8.61. The Labute approximate surface area is 95.7 Å². The fourth-order valence-electron chi connectivity index (χ4n) is 2.10. The Hall–Kier alpha value is -1.63. The molecule has 0 saturated heterocycles. The van der Waals surface area contributed by atoms with Crippen LogP contribution in [0.2, 0.25) is 0 Å². The van der Waals surface area contributed by atoms with Gasteiger partial charge in [-0.3, -0.25) is 0 Å².